The van der Waals surface area contributed by atoms with Crippen LogP contribution in [0.5, 0.6) is 0 Å². The van der Waals surface area contributed by atoms with E-state index in [9.17, 15) is 9.59 Å². The average Bonchev–Trinajstić information content (AvgIpc) is 2.59. The van der Waals surface area contributed by atoms with E-state index in [1.807, 2.05) is 38.1 Å². The highest BCUT2D eigenvalue weighted by Crippen LogP contribution is 2.15. The predicted molar refractivity (Wildman–Crippen MR) is 105 cm³/mol. The lowest BCUT2D eigenvalue weighted by Crippen LogP contribution is -2.38. The molecule has 0 aromatic heterocycles. The van der Waals surface area contributed by atoms with Crippen molar-refractivity contribution in [1.29, 1.82) is 0 Å². The van der Waals surface area contributed by atoms with Gasteiger partial charge in [-0.25, -0.2) is 0 Å². The second-order valence-electron chi connectivity index (χ2n) is 7.18. The maximum Gasteiger partial charge on any atom is 0.251 e. The Bertz CT molecular complexity index is 751. The number of nitrogens with one attached hydrogen (secondary N) is 2. The highest BCUT2D eigenvalue weighted by atomic mass is 16.2. The Morgan fingerprint density at radius 1 is 1.00 bits per heavy atom. The van der Waals surface area contributed by atoms with Crippen LogP contribution in [0.25, 0.3) is 0 Å². The summed E-state index contributed by atoms with van der Waals surface area (Å²) >= 11 is 0. The van der Waals surface area contributed by atoms with Crippen molar-refractivity contribution in [3.63, 3.8) is 0 Å². The monoisotopic (exact) mass is 352 g/mol. The first-order valence-electron chi connectivity index (χ1n) is 9.08. The SMILES string of the molecule is Cc1cccc(C(=O)NCC(=O)N[C@H](C)c2ccc(CC(C)C)cc2)c1. The molecule has 2 N–H and O–H groups in total. The average molecular weight is 352 g/mol. The van der Waals surface area contributed by atoms with E-state index in [1.54, 1.807) is 12.1 Å². The lowest BCUT2D eigenvalue weighted by molar-refractivity contribution is -0.120. The van der Waals surface area contributed by atoms with Gasteiger partial charge < -0.3 is 10.6 Å². The van der Waals surface area contributed by atoms with E-state index >= 15 is 0 Å². The summed E-state index contributed by atoms with van der Waals surface area (Å²) in [7, 11) is 0. The third kappa shape index (κ3) is 6.03. The van der Waals surface area contributed by atoms with E-state index in [1.165, 1.54) is 5.56 Å². The number of carbonyl (C=O) groups is 2. The van der Waals surface area contributed by atoms with Gasteiger partial charge in [0.05, 0.1) is 12.6 Å². The molecule has 0 heterocycles. The molecule has 0 aliphatic carbocycles. The molecule has 0 fully saturated rings. The van der Waals surface area contributed by atoms with Crippen molar-refractivity contribution in [2.75, 3.05) is 6.54 Å². The van der Waals surface area contributed by atoms with Gasteiger partial charge in [0.25, 0.3) is 5.91 Å². The summed E-state index contributed by atoms with van der Waals surface area (Å²) in [6.45, 7) is 8.22. The number of carbonyl (C=O) groups excluding carboxylic acids is 2. The standard InChI is InChI=1S/C22H28N2O2/c1-15(2)12-18-8-10-19(11-9-18)17(4)24-21(25)14-23-22(26)20-7-5-6-16(3)13-20/h5-11,13,15,17H,12,14H2,1-4H3,(H,23,26)(H,24,25)/t17-/m1/s1. The largest absolute Gasteiger partial charge is 0.348 e. The van der Waals surface area contributed by atoms with Crippen molar-refractivity contribution in [1.82, 2.24) is 10.6 Å². The summed E-state index contributed by atoms with van der Waals surface area (Å²) < 4.78 is 0. The van der Waals surface area contributed by atoms with Crippen LogP contribution < -0.4 is 10.6 Å². The second kappa shape index (κ2) is 9.18. The molecule has 0 saturated carbocycles. The van der Waals surface area contributed by atoms with Crippen molar-refractivity contribution in [2.24, 2.45) is 5.92 Å². The summed E-state index contributed by atoms with van der Waals surface area (Å²) in [4.78, 5) is 24.2. The number of hydrogen-bond donors (Lipinski definition) is 2. The summed E-state index contributed by atoms with van der Waals surface area (Å²) in [6, 6.07) is 15.5. The van der Waals surface area contributed by atoms with E-state index in [-0.39, 0.29) is 24.4 Å². The van der Waals surface area contributed by atoms with Crippen LogP contribution in [-0.2, 0) is 11.2 Å². The summed E-state index contributed by atoms with van der Waals surface area (Å²) in [5.74, 6) is 0.175. The molecule has 0 radical (unpaired) electrons. The van der Waals surface area contributed by atoms with Gasteiger partial charge in [0, 0.05) is 5.56 Å². The molecule has 26 heavy (non-hydrogen) atoms. The predicted octanol–water partition coefficient (Wildman–Crippen LogP) is 3.80. The number of aryl methyl sites for hydroxylation is 1. The first-order chi connectivity index (χ1) is 12.3. The van der Waals surface area contributed by atoms with Gasteiger partial charge in [-0.15, -0.1) is 0 Å². The highest BCUT2D eigenvalue weighted by molar-refractivity contribution is 5.96. The van der Waals surface area contributed by atoms with Gasteiger partial charge in [0.1, 0.15) is 0 Å². The Hall–Kier alpha value is -2.62. The molecule has 4 heteroatoms. The molecule has 0 unspecified atom stereocenters. The molecule has 0 bridgehead atoms. The fourth-order valence-corrected chi connectivity index (χ4v) is 2.84. The Labute approximate surface area is 156 Å². The van der Waals surface area contributed by atoms with E-state index in [4.69, 9.17) is 0 Å². The van der Waals surface area contributed by atoms with Crippen molar-refractivity contribution in [3.05, 3.63) is 70.8 Å². The zero-order chi connectivity index (χ0) is 19.1. The molecule has 2 aromatic rings. The van der Waals surface area contributed by atoms with Gasteiger partial charge in [-0.1, -0.05) is 55.8 Å². The molecule has 0 aliphatic heterocycles. The molecular formula is C22H28N2O2. The minimum absolute atomic E-state index is 0.0391. The second-order valence-corrected chi connectivity index (χ2v) is 7.18. The van der Waals surface area contributed by atoms with Crippen LogP contribution in [0.4, 0.5) is 0 Å². The summed E-state index contributed by atoms with van der Waals surface area (Å²) in [6.07, 6.45) is 1.05. The normalized spacial score (nSPS) is 11.9. The molecule has 2 aromatic carbocycles. The van der Waals surface area contributed by atoms with Crippen molar-refractivity contribution >= 4 is 11.8 Å². The lowest BCUT2D eigenvalue weighted by atomic mass is 10.00. The number of rotatable bonds is 7. The zero-order valence-corrected chi connectivity index (χ0v) is 16.0. The van der Waals surface area contributed by atoms with E-state index < -0.39 is 0 Å². The van der Waals surface area contributed by atoms with E-state index in [2.05, 4.69) is 36.6 Å². The van der Waals surface area contributed by atoms with Crippen molar-refractivity contribution in [2.45, 2.75) is 40.2 Å². The van der Waals surface area contributed by atoms with Crippen molar-refractivity contribution in [3.8, 4) is 0 Å². The summed E-state index contributed by atoms with van der Waals surface area (Å²) in [5, 5.41) is 5.58. The highest BCUT2D eigenvalue weighted by Gasteiger charge is 2.12. The third-order valence-corrected chi connectivity index (χ3v) is 4.19. The third-order valence-electron chi connectivity index (χ3n) is 4.19. The van der Waals surface area contributed by atoms with Gasteiger partial charge in [-0.3, -0.25) is 9.59 Å². The molecule has 2 rings (SSSR count). The van der Waals surface area contributed by atoms with Crippen LogP contribution in [-0.4, -0.2) is 18.4 Å². The molecule has 0 aliphatic rings. The van der Waals surface area contributed by atoms with Crippen LogP contribution >= 0.6 is 0 Å². The Morgan fingerprint density at radius 2 is 1.69 bits per heavy atom. The van der Waals surface area contributed by atoms with Crippen LogP contribution in [0, 0.1) is 12.8 Å². The number of amides is 2. The van der Waals surface area contributed by atoms with Crippen LogP contribution in [0.3, 0.4) is 0 Å². The Kier molecular flexibility index (Phi) is 6.96. The van der Waals surface area contributed by atoms with Crippen molar-refractivity contribution < 1.29 is 9.59 Å². The molecule has 0 spiro atoms. The zero-order valence-electron chi connectivity index (χ0n) is 16.0. The molecule has 2 amide bonds. The maximum absolute atomic E-state index is 12.1. The Morgan fingerprint density at radius 3 is 2.31 bits per heavy atom. The van der Waals surface area contributed by atoms with Crippen LogP contribution in [0.2, 0.25) is 0 Å². The quantitative estimate of drug-likeness (QED) is 0.796. The fraction of sp³-hybridized carbons (Fsp3) is 0.364. The van der Waals surface area contributed by atoms with Gasteiger partial charge in [0.2, 0.25) is 5.91 Å². The van der Waals surface area contributed by atoms with Crippen LogP contribution in [0.1, 0.15) is 53.9 Å². The molecular weight excluding hydrogens is 324 g/mol. The number of benzene rings is 2. The fourth-order valence-electron chi connectivity index (χ4n) is 2.84. The van der Waals surface area contributed by atoms with E-state index in [0.29, 0.717) is 11.5 Å². The minimum Gasteiger partial charge on any atom is -0.348 e. The smallest absolute Gasteiger partial charge is 0.251 e. The maximum atomic E-state index is 12.1. The Balaban J connectivity index is 1.84. The first kappa shape index (κ1) is 19.7. The van der Waals surface area contributed by atoms with Gasteiger partial charge in [-0.2, -0.15) is 0 Å². The first-order valence-corrected chi connectivity index (χ1v) is 9.08. The molecule has 4 nitrogen and oxygen atoms in total. The summed E-state index contributed by atoms with van der Waals surface area (Å²) in [5.41, 5.74) is 3.92. The molecule has 1 atom stereocenters. The van der Waals surface area contributed by atoms with Gasteiger partial charge in [0.15, 0.2) is 0 Å². The van der Waals surface area contributed by atoms with Gasteiger partial charge >= 0.3 is 0 Å². The van der Waals surface area contributed by atoms with Crippen LogP contribution in [0.15, 0.2) is 48.5 Å². The molecule has 138 valence electrons. The minimum atomic E-state index is -0.241. The lowest BCUT2D eigenvalue weighted by Gasteiger charge is -2.15. The molecule has 0 saturated heterocycles. The number of hydrogen-bond acceptors (Lipinski definition) is 2. The van der Waals surface area contributed by atoms with Gasteiger partial charge in [-0.05, 0) is 49.4 Å². The topological polar surface area (TPSA) is 58.2 Å². The van der Waals surface area contributed by atoms with E-state index in [0.717, 1.165) is 17.5 Å².